The van der Waals surface area contributed by atoms with E-state index in [0.29, 0.717) is 19.6 Å². The Labute approximate surface area is 160 Å². The molecule has 28 heavy (non-hydrogen) atoms. The maximum absolute atomic E-state index is 13.1. The number of hydrogen-bond acceptors (Lipinski definition) is 6. The summed E-state index contributed by atoms with van der Waals surface area (Å²) < 4.78 is 39.4. The third kappa shape index (κ3) is 4.75. The molecule has 2 N–H and O–H groups in total. The number of nitrogens with zero attached hydrogens (tertiary/aromatic N) is 4. The van der Waals surface area contributed by atoms with E-state index < -0.39 is 11.7 Å². The number of rotatable bonds is 5. The highest BCUT2D eigenvalue weighted by Gasteiger charge is 2.34. The van der Waals surface area contributed by atoms with Crippen LogP contribution in [0.25, 0.3) is 0 Å². The zero-order valence-corrected chi connectivity index (χ0v) is 15.3. The third-order valence-electron chi connectivity index (χ3n) is 4.61. The number of anilines is 2. The summed E-state index contributed by atoms with van der Waals surface area (Å²) in [6, 6.07) is 3.94. The van der Waals surface area contributed by atoms with Crippen LogP contribution in [0.4, 0.5) is 24.9 Å². The number of likely N-dealkylation sites (tertiary alicyclic amines) is 1. The highest BCUT2D eigenvalue weighted by molar-refractivity contribution is 5.78. The van der Waals surface area contributed by atoms with Gasteiger partial charge in [0.05, 0.1) is 12.1 Å². The van der Waals surface area contributed by atoms with Crippen LogP contribution in [0.5, 0.6) is 0 Å². The van der Waals surface area contributed by atoms with E-state index in [-0.39, 0.29) is 23.6 Å². The number of pyridine rings is 1. The average Bonchev–Trinajstić information content (AvgIpc) is 2.68. The van der Waals surface area contributed by atoms with Crippen molar-refractivity contribution in [2.45, 2.75) is 24.9 Å². The summed E-state index contributed by atoms with van der Waals surface area (Å²) in [4.78, 5) is 25.9. The average molecular weight is 394 g/mol. The molecule has 150 valence electrons. The molecule has 1 saturated heterocycles. The molecule has 10 heteroatoms. The fourth-order valence-corrected chi connectivity index (χ4v) is 3.19. The van der Waals surface area contributed by atoms with Gasteiger partial charge in [-0.2, -0.15) is 13.2 Å². The fraction of sp³-hybridized carbons (Fsp3) is 0.444. The Balaban J connectivity index is 1.70. The van der Waals surface area contributed by atoms with Gasteiger partial charge in [-0.15, -0.1) is 0 Å². The second-order valence-corrected chi connectivity index (χ2v) is 6.51. The first-order valence-corrected chi connectivity index (χ1v) is 8.93. The molecule has 2 aromatic heterocycles. The number of nitrogens with one attached hydrogen (secondary N) is 2. The monoisotopic (exact) mass is 394 g/mol. The Bertz CT molecular complexity index is 821. The van der Waals surface area contributed by atoms with Crippen molar-refractivity contribution in [2.75, 3.05) is 32.0 Å². The number of aromatic nitrogens is 3. The Kier molecular flexibility index (Phi) is 6.08. The quantitative estimate of drug-likeness (QED) is 0.811. The van der Waals surface area contributed by atoms with Crippen LogP contribution in [-0.2, 0) is 11.0 Å². The standard InChI is InChI=1S/C18H21F3N6O/c1-22-11-15(28)27-9-5-12(6-10-27)14-4-8-24-17(25-14)26-16-13(18(19,20)21)3-2-7-23-16/h2-4,7-8,12,22H,5-6,9-11H2,1H3,(H,23,24,25,26). The molecule has 0 atom stereocenters. The lowest BCUT2D eigenvalue weighted by molar-refractivity contribution is -0.137. The molecule has 0 bridgehead atoms. The minimum Gasteiger partial charge on any atom is -0.342 e. The van der Waals surface area contributed by atoms with Crippen LogP contribution < -0.4 is 10.6 Å². The van der Waals surface area contributed by atoms with Gasteiger partial charge < -0.3 is 15.5 Å². The second-order valence-electron chi connectivity index (χ2n) is 6.51. The Morgan fingerprint density at radius 2 is 1.96 bits per heavy atom. The van der Waals surface area contributed by atoms with Gasteiger partial charge in [-0.3, -0.25) is 4.79 Å². The van der Waals surface area contributed by atoms with Gasteiger partial charge in [0, 0.05) is 37.1 Å². The Hall–Kier alpha value is -2.75. The summed E-state index contributed by atoms with van der Waals surface area (Å²) >= 11 is 0. The molecular formula is C18H21F3N6O. The number of piperidine rings is 1. The Morgan fingerprint density at radius 3 is 2.64 bits per heavy atom. The van der Waals surface area contributed by atoms with E-state index >= 15 is 0 Å². The molecule has 0 unspecified atom stereocenters. The molecule has 1 fully saturated rings. The van der Waals surface area contributed by atoms with E-state index in [1.807, 2.05) is 0 Å². The molecule has 7 nitrogen and oxygen atoms in total. The van der Waals surface area contributed by atoms with Crippen molar-refractivity contribution in [3.05, 3.63) is 41.9 Å². The number of halogens is 3. The van der Waals surface area contributed by atoms with Crippen molar-refractivity contribution >= 4 is 17.7 Å². The summed E-state index contributed by atoms with van der Waals surface area (Å²) in [5.41, 5.74) is -0.136. The SMILES string of the molecule is CNCC(=O)N1CCC(c2ccnc(Nc3ncccc3C(F)(F)F)n2)CC1. The van der Waals surface area contributed by atoms with Crippen molar-refractivity contribution in [3.63, 3.8) is 0 Å². The molecule has 0 aliphatic carbocycles. The summed E-state index contributed by atoms with van der Waals surface area (Å²) in [7, 11) is 1.73. The van der Waals surface area contributed by atoms with E-state index in [4.69, 9.17) is 0 Å². The molecule has 1 aliphatic heterocycles. The topological polar surface area (TPSA) is 83.0 Å². The largest absolute Gasteiger partial charge is 0.419 e. The number of carbonyl (C=O) groups excluding carboxylic acids is 1. The smallest absolute Gasteiger partial charge is 0.342 e. The van der Waals surface area contributed by atoms with E-state index in [0.717, 1.165) is 24.6 Å². The number of carbonyl (C=O) groups is 1. The van der Waals surface area contributed by atoms with E-state index in [9.17, 15) is 18.0 Å². The van der Waals surface area contributed by atoms with Gasteiger partial charge in [0.15, 0.2) is 0 Å². The fourth-order valence-electron chi connectivity index (χ4n) is 3.19. The number of likely N-dealkylation sites (N-methyl/N-ethyl adjacent to an activating group) is 1. The molecule has 0 spiro atoms. The molecule has 1 amide bonds. The van der Waals surface area contributed by atoms with Crippen molar-refractivity contribution in [3.8, 4) is 0 Å². The molecule has 0 radical (unpaired) electrons. The second kappa shape index (κ2) is 8.51. The summed E-state index contributed by atoms with van der Waals surface area (Å²) in [6.07, 6.45) is -0.258. The van der Waals surface area contributed by atoms with E-state index in [2.05, 4.69) is 25.6 Å². The predicted octanol–water partition coefficient (Wildman–Crippen LogP) is 2.56. The third-order valence-corrected chi connectivity index (χ3v) is 4.61. The van der Waals surface area contributed by atoms with Gasteiger partial charge in [-0.1, -0.05) is 0 Å². The van der Waals surface area contributed by atoms with Crippen molar-refractivity contribution in [1.29, 1.82) is 0 Å². The van der Waals surface area contributed by atoms with Crippen LogP contribution in [0.15, 0.2) is 30.6 Å². The number of alkyl halides is 3. The van der Waals surface area contributed by atoms with Gasteiger partial charge in [0.1, 0.15) is 5.82 Å². The summed E-state index contributed by atoms with van der Waals surface area (Å²) in [5, 5.41) is 5.42. The molecular weight excluding hydrogens is 373 g/mol. The first kappa shape index (κ1) is 20.0. The van der Waals surface area contributed by atoms with Gasteiger partial charge in [0.25, 0.3) is 0 Å². The highest BCUT2D eigenvalue weighted by Crippen LogP contribution is 2.34. The lowest BCUT2D eigenvalue weighted by Crippen LogP contribution is -2.42. The lowest BCUT2D eigenvalue weighted by Gasteiger charge is -2.31. The minimum absolute atomic E-state index is 0.0563. The molecule has 1 aliphatic rings. The lowest BCUT2D eigenvalue weighted by atomic mass is 9.93. The minimum atomic E-state index is -4.53. The van der Waals surface area contributed by atoms with Crippen LogP contribution >= 0.6 is 0 Å². The molecule has 3 rings (SSSR count). The van der Waals surface area contributed by atoms with Crippen molar-refractivity contribution in [1.82, 2.24) is 25.2 Å². The van der Waals surface area contributed by atoms with Crippen LogP contribution in [0.2, 0.25) is 0 Å². The maximum atomic E-state index is 13.1. The van der Waals surface area contributed by atoms with Gasteiger partial charge in [-0.05, 0) is 38.1 Å². The first-order chi connectivity index (χ1) is 13.4. The van der Waals surface area contributed by atoms with E-state index in [1.165, 1.54) is 18.5 Å². The first-order valence-electron chi connectivity index (χ1n) is 8.93. The molecule has 2 aromatic rings. The molecule has 0 saturated carbocycles. The van der Waals surface area contributed by atoms with Crippen LogP contribution in [0.3, 0.4) is 0 Å². The molecule has 3 heterocycles. The summed E-state index contributed by atoms with van der Waals surface area (Å²) in [6.45, 7) is 1.55. The predicted molar refractivity (Wildman–Crippen MR) is 97.0 cm³/mol. The maximum Gasteiger partial charge on any atom is 0.419 e. The van der Waals surface area contributed by atoms with Gasteiger partial charge >= 0.3 is 6.18 Å². The van der Waals surface area contributed by atoms with Crippen molar-refractivity contribution in [2.24, 2.45) is 0 Å². The van der Waals surface area contributed by atoms with Crippen LogP contribution in [-0.4, -0.2) is 52.4 Å². The van der Waals surface area contributed by atoms with E-state index in [1.54, 1.807) is 18.0 Å². The zero-order chi connectivity index (χ0) is 20.1. The van der Waals surface area contributed by atoms with Crippen LogP contribution in [0.1, 0.15) is 30.0 Å². The normalized spacial score (nSPS) is 15.5. The number of amides is 1. The van der Waals surface area contributed by atoms with Gasteiger partial charge in [-0.25, -0.2) is 15.0 Å². The summed E-state index contributed by atoms with van der Waals surface area (Å²) in [5.74, 6) is -0.0937. The number of hydrogen-bond donors (Lipinski definition) is 2. The molecule has 0 aromatic carbocycles. The highest BCUT2D eigenvalue weighted by atomic mass is 19.4. The van der Waals surface area contributed by atoms with Crippen LogP contribution in [0, 0.1) is 0 Å². The van der Waals surface area contributed by atoms with Gasteiger partial charge in [0.2, 0.25) is 11.9 Å². The zero-order valence-electron chi connectivity index (χ0n) is 15.3. The Morgan fingerprint density at radius 1 is 1.21 bits per heavy atom. The van der Waals surface area contributed by atoms with Crippen molar-refractivity contribution < 1.29 is 18.0 Å².